The number of benzene rings is 1. The van der Waals surface area contributed by atoms with Crippen LogP contribution in [0.15, 0.2) is 48.8 Å². The number of carbonyl (C=O) groups is 1. The Hall–Kier alpha value is -2.47. The molecule has 0 saturated carbocycles. The van der Waals surface area contributed by atoms with Crippen molar-refractivity contribution in [1.29, 1.82) is 0 Å². The first-order chi connectivity index (χ1) is 11.1. The standard InChI is InChI=1S/C17H19FN4O/c1-22-10-8-15(16(22)12-5-3-2-4-6-12)21-17(23)20-14-7-9-19-11-13(14)18/h2-7,9,11,15-16H,8,10H2,1H3,(H2,19,20,21,23)/t15-,16+/m0/s1. The number of hydrogen-bond donors (Lipinski definition) is 2. The minimum Gasteiger partial charge on any atom is -0.333 e. The third kappa shape index (κ3) is 3.48. The van der Waals surface area contributed by atoms with Crippen molar-refractivity contribution < 1.29 is 9.18 Å². The highest BCUT2D eigenvalue weighted by Crippen LogP contribution is 2.30. The number of rotatable bonds is 3. The van der Waals surface area contributed by atoms with Crippen molar-refractivity contribution in [2.45, 2.75) is 18.5 Å². The van der Waals surface area contributed by atoms with E-state index in [-0.39, 0.29) is 17.8 Å². The fourth-order valence-electron chi connectivity index (χ4n) is 3.04. The van der Waals surface area contributed by atoms with Gasteiger partial charge in [-0.15, -0.1) is 0 Å². The summed E-state index contributed by atoms with van der Waals surface area (Å²) in [5, 5.41) is 5.50. The fraction of sp³-hybridized carbons (Fsp3) is 0.294. The van der Waals surface area contributed by atoms with Crippen LogP contribution in [0.25, 0.3) is 0 Å². The maximum absolute atomic E-state index is 13.6. The Balaban J connectivity index is 1.69. The second-order valence-corrected chi connectivity index (χ2v) is 5.69. The van der Waals surface area contributed by atoms with E-state index in [1.54, 1.807) is 0 Å². The summed E-state index contributed by atoms with van der Waals surface area (Å²) in [6, 6.07) is 11.2. The van der Waals surface area contributed by atoms with E-state index in [2.05, 4.69) is 32.7 Å². The zero-order valence-electron chi connectivity index (χ0n) is 12.9. The van der Waals surface area contributed by atoms with Crippen LogP contribution >= 0.6 is 0 Å². The monoisotopic (exact) mass is 314 g/mol. The quantitative estimate of drug-likeness (QED) is 0.916. The summed E-state index contributed by atoms with van der Waals surface area (Å²) in [4.78, 5) is 18.1. The van der Waals surface area contributed by atoms with Crippen LogP contribution in [-0.2, 0) is 0 Å². The number of likely N-dealkylation sites (tertiary alicyclic amines) is 1. The minimum atomic E-state index is -0.550. The number of pyridine rings is 1. The molecule has 0 unspecified atom stereocenters. The number of nitrogens with one attached hydrogen (secondary N) is 2. The number of likely N-dealkylation sites (N-methyl/N-ethyl adjacent to an activating group) is 1. The van der Waals surface area contributed by atoms with Gasteiger partial charge >= 0.3 is 6.03 Å². The zero-order chi connectivity index (χ0) is 16.2. The summed E-state index contributed by atoms with van der Waals surface area (Å²) >= 11 is 0. The molecule has 1 aliphatic heterocycles. The first-order valence-corrected chi connectivity index (χ1v) is 7.57. The molecule has 1 aromatic carbocycles. The number of aromatic nitrogens is 1. The van der Waals surface area contributed by atoms with Gasteiger partial charge in [-0.05, 0) is 25.1 Å². The van der Waals surface area contributed by atoms with Crippen molar-refractivity contribution in [2.75, 3.05) is 18.9 Å². The predicted molar refractivity (Wildman–Crippen MR) is 86.6 cm³/mol. The van der Waals surface area contributed by atoms with E-state index in [1.165, 1.54) is 12.3 Å². The van der Waals surface area contributed by atoms with E-state index >= 15 is 0 Å². The maximum Gasteiger partial charge on any atom is 0.319 e. The summed E-state index contributed by atoms with van der Waals surface area (Å²) < 4.78 is 13.6. The molecule has 0 aliphatic carbocycles. The number of urea groups is 1. The van der Waals surface area contributed by atoms with E-state index in [9.17, 15) is 9.18 Å². The molecule has 1 saturated heterocycles. The number of carbonyl (C=O) groups excluding carboxylic acids is 1. The SMILES string of the molecule is CN1CC[C@H](NC(=O)Nc2ccncc2F)[C@H]1c1ccccc1. The zero-order valence-corrected chi connectivity index (χ0v) is 12.9. The molecule has 2 atom stereocenters. The van der Waals surface area contributed by atoms with Crippen LogP contribution in [0, 0.1) is 5.82 Å². The second kappa shape index (κ2) is 6.75. The van der Waals surface area contributed by atoms with Gasteiger partial charge in [0.15, 0.2) is 5.82 Å². The van der Waals surface area contributed by atoms with Crippen molar-refractivity contribution in [3.63, 3.8) is 0 Å². The van der Waals surface area contributed by atoms with Crippen molar-refractivity contribution in [1.82, 2.24) is 15.2 Å². The van der Waals surface area contributed by atoms with Crippen LogP contribution in [0.4, 0.5) is 14.9 Å². The van der Waals surface area contributed by atoms with E-state index in [1.807, 2.05) is 25.2 Å². The lowest BCUT2D eigenvalue weighted by molar-refractivity contribution is 0.240. The molecule has 1 aliphatic rings. The van der Waals surface area contributed by atoms with Crippen molar-refractivity contribution in [3.8, 4) is 0 Å². The molecule has 6 heteroatoms. The molecule has 2 heterocycles. The topological polar surface area (TPSA) is 57.3 Å². The van der Waals surface area contributed by atoms with Gasteiger partial charge in [-0.3, -0.25) is 9.88 Å². The van der Waals surface area contributed by atoms with Gasteiger partial charge in [0, 0.05) is 12.7 Å². The lowest BCUT2D eigenvalue weighted by Crippen LogP contribution is -2.41. The summed E-state index contributed by atoms with van der Waals surface area (Å²) in [7, 11) is 2.04. The average molecular weight is 314 g/mol. The Morgan fingerprint density at radius 1 is 1.30 bits per heavy atom. The number of halogens is 1. The van der Waals surface area contributed by atoms with Gasteiger partial charge < -0.3 is 10.6 Å². The molecule has 0 spiro atoms. The third-order valence-electron chi connectivity index (χ3n) is 4.13. The number of anilines is 1. The molecule has 2 amide bonds. The largest absolute Gasteiger partial charge is 0.333 e. The van der Waals surface area contributed by atoms with Gasteiger partial charge in [-0.1, -0.05) is 30.3 Å². The van der Waals surface area contributed by atoms with E-state index in [0.29, 0.717) is 0 Å². The molecular formula is C17H19FN4O. The molecule has 5 nitrogen and oxygen atoms in total. The molecule has 120 valence electrons. The smallest absolute Gasteiger partial charge is 0.319 e. The fourth-order valence-corrected chi connectivity index (χ4v) is 3.04. The minimum absolute atomic E-state index is 0.0210. The molecule has 1 aromatic heterocycles. The molecular weight excluding hydrogens is 295 g/mol. The molecule has 0 bridgehead atoms. The van der Waals surface area contributed by atoms with Crippen LogP contribution < -0.4 is 10.6 Å². The highest BCUT2D eigenvalue weighted by atomic mass is 19.1. The molecule has 0 radical (unpaired) electrons. The van der Waals surface area contributed by atoms with Gasteiger partial charge in [0.25, 0.3) is 0 Å². The molecule has 1 fully saturated rings. The van der Waals surface area contributed by atoms with Crippen LogP contribution in [0.2, 0.25) is 0 Å². The van der Waals surface area contributed by atoms with Crippen molar-refractivity contribution in [2.24, 2.45) is 0 Å². The Labute approximate surface area is 134 Å². The Kier molecular flexibility index (Phi) is 4.52. The normalized spacial score (nSPS) is 21.1. The highest BCUT2D eigenvalue weighted by Gasteiger charge is 2.33. The molecule has 2 aromatic rings. The van der Waals surface area contributed by atoms with Crippen LogP contribution in [0.5, 0.6) is 0 Å². The summed E-state index contributed by atoms with van der Waals surface area (Å²) in [6.07, 6.45) is 3.36. The van der Waals surface area contributed by atoms with Gasteiger partial charge in [0.2, 0.25) is 0 Å². The number of hydrogen-bond acceptors (Lipinski definition) is 3. The van der Waals surface area contributed by atoms with Gasteiger partial charge in [-0.2, -0.15) is 0 Å². The van der Waals surface area contributed by atoms with E-state index in [4.69, 9.17) is 0 Å². The van der Waals surface area contributed by atoms with E-state index in [0.717, 1.165) is 24.7 Å². The highest BCUT2D eigenvalue weighted by molar-refractivity contribution is 5.89. The molecule has 3 rings (SSSR count). The number of nitrogens with zero attached hydrogens (tertiary/aromatic N) is 2. The number of amides is 2. The first kappa shape index (κ1) is 15.4. The van der Waals surface area contributed by atoms with Crippen molar-refractivity contribution in [3.05, 3.63) is 60.2 Å². The van der Waals surface area contributed by atoms with Crippen LogP contribution in [0.1, 0.15) is 18.0 Å². The summed E-state index contributed by atoms with van der Waals surface area (Å²) in [5.41, 5.74) is 1.29. The lowest BCUT2D eigenvalue weighted by atomic mass is 10.0. The van der Waals surface area contributed by atoms with Crippen LogP contribution in [-0.4, -0.2) is 35.5 Å². The first-order valence-electron chi connectivity index (χ1n) is 7.57. The van der Waals surface area contributed by atoms with Gasteiger partial charge in [-0.25, -0.2) is 9.18 Å². The second-order valence-electron chi connectivity index (χ2n) is 5.69. The Bertz CT molecular complexity index is 679. The predicted octanol–water partition coefficient (Wildman–Crippen LogP) is 2.79. The van der Waals surface area contributed by atoms with Crippen LogP contribution in [0.3, 0.4) is 0 Å². The Morgan fingerprint density at radius 3 is 2.83 bits per heavy atom. The molecule has 23 heavy (non-hydrogen) atoms. The third-order valence-corrected chi connectivity index (χ3v) is 4.13. The summed E-state index contributed by atoms with van der Waals surface area (Å²) in [6.45, 7) is 0.897. The lowest BCUT2D eigenvalue weighted by Gasteiger charge is -2.26. The average Bonchev–Trinajstić information content (AvgIpc) is 2.91. The van der Waals surface area contributed by atoms with Gasteiger partial charge in [0.1, 0.15) is 0 Å². The maximum atomic E-state index is 13.6. The summed E-state index contributed by atoms with van der Waals surface area (Å²) in [5.74, 6) is -0.550. The Morgan fingerprint density at radius 2 is 2.09 bits per heavy atom. The van der Waals surface area contributed by atoms with E-state index < -0.39 is 11.8 Å². The van der Waals surface area contributed by atoms with Gasteiger partial charge in [0.05, 0.1) is 24.0 Å². The molecule has 2 N–H and O–H groups in total. The van der Waals surface area contributed by atoms with Crippen molar-refractivity contribution >= 4 is 11.7 Å².